The number of aliphatic hydroxyl groups is 3. The third-order valence-electron chi connectivity index (χ3n) is 19.3. The van der Waals surface area contributed by atoms with E-state index in [0.29, 0.717) is 108 Å². The molecule has 2 aromatic rings. The van der Waals surface area contributed by atoms with Gasteiger partial charge in [0.1, 0.15) is 36.2 Å². The SMILES string of the molecule is CO[C@H]1C[C@@H]2CC[C@@H](C)[C@@](O)(O2)C(=O)C(=O)N2CCCC[C@H]2C(=O)O[C@H]([C@H](N)C[C@@H]2CC[C@@H](OC(=O)N3CCc4nc(N5CCN(c6ncc(C(C)=O)cn6)CC5)ncc4C3)[C@H](OC)C2)CC(=O)[C@H](C)/C=C(\C)[C@@H](O)[C@@H](O)C(=O)[C@H](C)C[C@H](C)/C=C/C=CC=C1C. The molecule has 2 bridgehead atoms. The number of nitrogens with zero attached hydrogens (tertiary/aromatic N) is 8. The van der Waals surface area contributed by atoms with Crippen LogP contribution in [0.1, 0.15) is 147 Å². The number of carbonyl (C=O) groups excluding carboxylic acids is 7. The molecule has 24 nitrogen and oxygen atoms in total. The number of aliphatic hydroxyl groups excluding tert-OH is 2. The van der Waals surface area contributed by atoms with Crippen molar-refractivity contribution in [1.82, 2.24) is 29.7 Å². The van der Waals surface area contributed by atoms with Gasteiger partial charge in [0, 0.05) is 121 Å². The number of hydrogen-bond donors (Lipinski definition) is 4. The summed E-state index contributed by atoms with van der Waals surface area (Å²) in [6.07, 6.45) is 12.5. The van der Waals surface area contributed by atoms with E-state index in [-0.39, 0.29) is 55.5 Å². The molecule has 0 spiro atoms. The Balaban J connectivity index is 0.944. The summed E-state index contributed by atoms with van der Waals surface area (Å²) in [6.45, 7) is 15.0. The summed E-state index contributed by atoms with van der Waals surface area (Å²) in [5, 5.41) is 34.6. The minimum Gasteiger partial charge on any atom is -0.459 e. The summed E-state index contributed by atoms with van der Waals surface area (Å²) in [5.41, 5.74) is 10.2. The van der Waals surface area contributed by atoms with Gasteiger partial charge in [-0.2, -0.15) is 0 Å². The molecule has 15 atom stereocenters. The summed E-state index contributed by atoms with van der Waals surface area (Å²) < 4.78 is 30.4. The first-order valence-corrected chi connectivity index (χ1v) is 32.4. The number of cyclic esters (lactones) is 1. The van der Waals surface area contributed by atoms with E-state index in [0.717, 1.165) is 21.7 Å². The van der Waals surface area contributed by atoms with E-state index in [4.69, 9.17) is 34.4 Å². The zero-order valence-corrected chi connectivity index (χ0v) is 54.3. The monoisotopic (exact) mass is 1270 g/mol. The largest absolute Gasteiger partial charge is 0.459 e. The van der Waals surface area contributed by atoms with E-state index in [1.54, 1.807) is 58.5 Å². The molecule has 6 aliphatic rings. The van der Waals surface area contributed by atoms with Crippen LogP contribution in [-0.2, 0) is 60.6 Å². The van der Waals surface area contributed by atoms with Crippen molar-refractivity contribution in [3.8, 4) is 0 Å². The fourth-order valence-electron chi connectivity index (χ4n) is 13.4. The van der Waals surface area contributed by atoms with Crippen LogP contribution in [0.2, 0.25) is 0 Å². The average molecular weight is 1270 g/mol. The van der Waals surface area contributed by atoms with Gasteiger partial charge < -0.3 is 64.3 Å². The van der Waals surface area contributed by atoms with Crippen LogP contribution in [0, 0.1) is 29.6 Å². The molecule has 5 N–H and O–H groups in total. The fraction of sp³-hybridized carbons (Fsp3) is 0.657. The predicted molar refractivity (Wildman–Crippen MR) is 336 cm³/mol. The average Bonchev–Trinajstić information content (AvgIpc) is 0.868. The van der Waals surface area contributed by atoms with Crippen LogP contribution in [0.5, 0.6) is 0 Å². The van der Waals surface area contributed by atoms with Crippen LogP contribution < -0.4 is 15.5 Å². The van der Waals surface area contributed by atoms with Crippen LogP contribution in [0.4, 0.5) is 16.7 Å². The maximum atomic E-state index is 14.7. The van der Waals surface area contributed by atoms with Crippen molar-refractivity contribution in [2.24, 2.45) is 35.3 Å². The molecule has 8 rings (SSSR count). The summed E-state index contributed by atoms with van der Waals surface area (Å²) in [5.74, 6) is -8.13. The molecule has 498 valence electrons. The van der Waals surface area contributed by atoms with Crippen molar-refractivity contribution in [3.63, 3.8) is 0 Å². The molecule has 4 fully saturated rings. The van der Waals surface area contributed by atoms with E-state index in [1.165, 1.54) is 19.9 Å². The minimum atomic E-state index is -2.50. The maximum Gasteiger partial charge on any atom is 0.410 e. The fourth-order valence-corrected chi connectivity index (χ4v) is 13.4. The molecule has 91 heavy (non-hydrogen) atoms. The number of rotatable bonds is 9. The number of Topliss-reactive ketones (excluding diaryl/α,β-unsaturated/α-hetero) is 4. The number of ether oxygens (including phenoxy) is 5. The molecule has 0 aromatic carbocycles. The van der Waals surface area contributed by atoms with Crippen molar-refractivity contribution in [2.45, 2.75) is 199 Å². The van der Waals surface area contributed by atoms with Gasteiger partial charge in [-0.15, -0.1) is 0 Å². The van der Waals surface area contributed by atoms with E-state index in [2.05, 4.69) is 24.8 Å². The summed E-state index contributed by atoms with van der Waals surface area (Å²) in [6, 6.07) is -2.23. The van der Waals surface area contributed by atoms with Crippen LogP contribution in [0.3, 0.4) is 0 Å². The molecule has 1 saturated carbocycles. The number of fused-ring (bicyclic) bond motifs is 4. The molecule has 2 amide bonds. The zero-order valence-electron chi connectivity index (χ0n) is 54.3. The van der Waals surface area contributed by atoms with Crippen LogP contribution in [0.15, 0.2) is 66.2 Å². The Kier molecular flexibility index (Phi) is 24.5. The number of piperidine rings is 1. The van der Waals surface area contributed by atoms with E-state index in [1.807, 2.05) is 44.2 Å². The summed E-state index contributed by atoms with van der Waals surface area (Å²) in [4.78, 5) is 122. The number of hydrogen-bond acceptors (Lipinski definition) is 22. The number of anilines is 2. The maximum absolute atomic E-state index is 14.7. The van der Waals surface area contributed by atoms with Gasteiger partial charge in [0.15, 0.2) is 11.6 Å². The molecular weight excluding hydrogens is 1170 g/mol. The number of methoxy groups -OCH3 is 2. The third kappa shape index (κ3) is 17.5. The Hall–Kier alpha value is -6.67. The van der Waals surface area contributed by atoms with Crippen LogP contribution >= 0.6 is 0 Å². The van der Waals surface area contributed by atoms with Crippen LogP contribution in [0.25, 0.3) is 0 Å². The minimum absolute atomic E-state index is 0.00700. The number of amides is 2. The van der Waals surface area contributed by atoms with Gasteiger partial charge in [0.05, 0.1) is 36.1 Å². The second kappa shape index (κ2) is 31.8. The normalized spacial score (nSPS) is 33.0. The Morgan fingerprint density at radius 3 is 2.19 bits per heavy atom. The lowest BCUT2D eigenvalue weighted by Gasteiger charge is -2.42. The Bertz CT molecular complexity index is 3040. The first-order valence-electron chi connectivity index (χ1n) is 32.4. The topological polar surface area (TPSA) is 317 Å². The van der Waals surface area contributed by atoms with Crippen molar-refractivity contribution in [2.75, 3.05) is 63.3 Å². The molecule has 24 heteroatoms. The van der Waals surface area contributed by atoms with E-state index >= 15 is 0 Å². The zero-order chi connectivity index (χ0) is 65.8. The number of nitrogens with two attached hydrogens (primary N) is 1. The van der Waals surface area contributed by atoms with Crippen molar-refractivity contribution in [3.05, 3.63) is 83.0 Å². The first-order chi connectivity index (χ1) is 43.4. The predicted octanol–water partition coefficient (Wildman–Crippen LogP) is 5.53. The van der Waals surface area contributed by atoms with Crippen molar-refractivity contribution >= 4 is 53.0 Å². The number of piperazine rings is 1. The standard InChI is InChI=1S/C67H95N9O15/c1-39-15-11-10-12-16-40(2)55(87-8)33-49-20-18-44(6)67(86,91-49)61(82)62(83)76-23-14-13-17-52(76)63(84)89-56(34-53(78)41(3)30-43(5)59(80)60(81)58(79)42(4)29-39)50(68)31-46-19-21-54(57(32-46)88-9)90-66(85)75-24-22-51-48(38-75)37-71-65(72-51)74-27-25-73(26-28-74)64-69-35-47(36-70-64)45(7)77/h10-12,15-16,30,35-37,39,41-42,44,46,49-50,52,54-57,59-60,80-81,86H,13-14,17-29,31-34,38,68H2,1-9H3/b12-10?,15-11+,40-16?,43-30+/t39-,41-,42-,44-,46+,49+,50-,52+,54-,55+,56+,57-,59-,60+,67-/m1/s1. The van der Waals surface area contributed by atoms with Gasteiger partial charge in [-0.05, 0) is 108 Å². The number of ketones is 4. The van der Waals surface area contributed by atoms with E-state index < -0.39 is 120 Å². The van der Waals surface area contributed by atoms with Gasteiger partial charge in [-0.1, -0.05) is 64.2 Å². The van der Waals surface area contributed by atoms with Gasteiger partial charge in [-0.3, -0.25) is 24.0 Å². The first kappa shape index (κ1) is 70.2. The van der Waals surface area contributed by atoms with Gasteiger partial charge in [-0.25, -0.2) is 29.5 Å². The highest BCUT2D eigenvalue weighted by atomic mass is 16.6. The highest BCUT2D eigenvalue weighted by Gasteiger charge is 2.53. The molecule has 2 aromatic heterocycles. The van der Waals surface area contributed by atoms with Crippen molar-refractivity contribution < 1.29 is 72.6 Å². The number of allylic oxidation sites excluding steroid dienone is 6. The van der Waals surface area contributed by atoms with Crippen LogP contribution in [-0.4, -0.2) is 200 Å². The smallest absolute Gasteiger partial charge is 0.410 e. The molecule has 7 heterocycles. The third-order valence-corrected chi connectivity index (χ3v) is 19.3. The number of carbonyl (C=O) groups is 7. The molecule has 0 unspecified atom stereocenters. The second-order valence-corrected chi connectivity index (χ2v) is 26.0. The highest BCUT2D eigenvalue weighted by molar-refractivity contribution is 6.39. The Morgan fingerprint density at radius 1 is 0.791 bits per heavy atom. The molecular formula is C67H95N9O15. The Labute approximate surface area is 534 Å². The lowest BCUT2D eigenvalue weighted by molar-refractivity contribution is -0.265. The molecule has 5 aliphatic heterocycles. The lowest BCUT2D eigenvalue weighted by atomic mass is 9.80. The molecule has 3 saturated heterocycles. The van der Waals surface area contributed by atoms with Gasteiger partial charge >= 0.3 is 12.1 Å². The van der Waals surface area contributed by atoms with Crippen molar-refractivity contribution in [1.29, 1.82) is 0 Å². The quantitative estimate of drug-likeness (QED) is 0.104. The molecule has 1 aliphatic carbocycles. The van der Waals surface area contributed by atoms with Gasteiger partial charge in [0.2, 0.25) is 17.7 Å². The van der Waals surface area contributed by atoms with Gasteiger partial charge in [0.25, 0.3) is 11.7 Å². The van der Waals surface area contributed by atoms with E-state index in [9.17, 15) is 48.9 Å². The number of aromatic nitrogens is 4. The summed E-state index contributed by atoms with van der Waals surface area (Å²) in [7, 11) is 3.10. The highest BCUT2D eigenvalue weighted by Crippen LogP contribution is 2.38. The number of esters is 1. The molecule has 0 radical (unpaired) electrons. The second-order valence-electron chi connectivity index (χ2n) is 26.0. The Morgan fingerprint density at radius 2 is 1.49 bits per heavy atom. The summed E-state index contributed by atoms with van der Waals surface area (Å²) >= 11 is 0. The lowest BCUT2D eigenvalue weighted by Crippen LogP contribution is -2.61.